The average Bonchev–Trinajstić information content (AvgIpc) is 3.63. The summed E-state index contributed by atoms with van der Waals surface area (Å²) >= 11 is 0. The molecule has 0 aliphatic carbocycles. The van der Waals surface area contributed by atoms with Gasteiger partial charge in [0.05, 0.1) is 27.5 Å². The molecule has 9 aromatic rings. The fourth-order valence-corrected chi connectivity index (χ4v) is 9.02. The molecule has 0 aliphatic rings. The molecule has 0 spiro atoms. The summed E-state index contributed by atoms with van der Waals surface area (Å²) in [5.74, 6) is 0.926. The molecule has 3 heterocycles. The first-order valence-electron chi connectivity index (χ1n) is 15.3. The predicted octanol–water partition coefficient (Wildman–Crippen LogP) is 9.03. The summed E-state index contributed by atoms with van der Waals surface area (Å²) in [6.45, 7) is 0. The zero-order valence-corrected chi connectivity index (χ0v) is 25.3. The molecule has 6 aromatic carbocycles. The van der Waals surface area contributed by atoms with Crippen molar-refractivity contribution >= 4 is 67.6 Å². The summed E-state index contributed by atoms with van der Waals surface area (Å²) in [6.07, 6.45) is 0. The highest BCUT2D eigenvalue weighted by molar-refractivity contribution is 7.79. The summed E-state index contributed by atoms with van der Waals surface area (Å²) in [4.78, 5) is 5.51. The largest absolute Gasteiger partial charge is 0.307 e. The van der Waals surface area contributed by atoms with Gasteiger partial charge in [-0.25, -0.2) is 4.98 Å². The molecule has 0 saturated heterocycles. The molecule has 3 aromatic heterocycles. The number of rotatable bonds is 5. The van der Waals surface area contributed by atoms with Gasteiger partial charge in [0.25, 0.3) is 0 Å². The number of hydrogen-bond donors (Lipinski definition) is 0. The maximum Gasteiger partial charge on any atom is 0.138 e. The average molecular weight is 594 g/mol. The van der Waals surface area contributed by atoms with Crippen molar-refractivity contribution in [1.82, 2.24) is 14.1 Å². The number of aromatic nitrogens is 3. The van der Waals surface area contributed by atoms with Crippen LogP contribution in [0.2, 0.25) is 0 Å². The van der Waals surface area contributed by atoms with Crippen molar-refractivity contribution in [1.29, 1.82) is 0 Å². The standard InChI is InChI=1S/C41H28N3P/c1-4-15-29(16-5-1)43-36-23-12-10-21-32(36)34-27-28-35-33-22-11-13-24-37(33)44(41(35)40(34)43)38-25-14-26-39(42-38)45(30-17-6-2-7-18-30)31-19-8-3-9-20-31/h1-28H. The molecule has 45 heavy (non-hydrogen) atoms. The minimum absolute atomic E-state index is 0.847. The molecule has 3 nitrogen and oxygen atoms in total. The Morgan fingerprint density at radius 2 is 0.867 bits per heavy atom. The van der Waals surface area contributed by atoms with Crippen molar-refractivity contribution in [2.75, 3.05) is 0 Å². The fraction of sp³-hybridized carbons (Fsp3) is 0. The molecule has 4 heteroatoms. The Labute approximate surface area is 262 Å². The lowest BCUT2D eigenvalue weighted by molar-refractivity contribution is 1.09. The third kappa shape index (κ3) is 4.13. The summed E-state index contributed by atoms with van der Waals surface area (Å²) in [5, 5.41) is 7.50. The van der Waals surface area contributed by atoms with Gasteiger partial charge in [-0.3, -0.25) is 4.57 Å². The SMILES string of the molecule is c1ccc(-n2c3ccccc3c3ccc4c5ccccc5n(-c5cccc(P(c6ccccc6)c6ccccc6)n5)c4c32)cc1. The van der Waals surface area contributed by atoms with E-state index < -0.39 is 7.92 Å². The summed E-state index contributed by atoms with van der Waals surface area (Å²) < 4.78 is 4.81. The molecule has 0 unspecified atom stereocenters. The van der Waals surface area contributed by atoms with Crippen LogP contribution in [0.3, 0.4) is 0 Å². The van der Waals surface area contributed by atoms with Crippen LogP contribution in [0, 0.1) is 0 Å². The number of hydrogen-bond acceptors (Lipinski definition) is 1. The Morgan fingerprint density at radius 3 is 1.47 bits per heavy atom. The molecule has 0 aliphatic heterocycles. The molecule has 0 radical (unpaired) electrons. The molecule has 212 valence electrons. The van der Waals surface area contributed by atoms with E-state index in [1.54, 1.807) is 0 Å². The quantitative estimate of drug-likeness (QED) is 0.183. The molecule has 0 fully saturated rings. The highest BCUT2D eigenvalue weighted by Crippen LogP contribution is 2.41. The second kappa shape index (κ2) is 10.6. The number of pyridine rings is 1. The highest BCUT2D eigenvalue weighted by atomic mass is 31.1. The van der Waals surface area contributed by atoms with E-state index in [1.807, 2.05) is 0 Å². The number of fused-ring (bicyclic) bond motifs is 7. The van der Waals surface area contributed by atoms with Gasteiger partial charge in [-0.15, -0.1) is 0 Å². The Bertz CT molecular complexity index is 2440. The smallest absolute Gasteiger partial charge is 0.138 e. The Balaban J connectivity index is 1.39. The minimum atomic E-state index is -0.847. The summed E-state index contributed by atoms with van der Waals surface area (Å²) in [5.41, 5.74) is 6.94. The number of para-hydroxylation sites is 3. The third-order valence-corrected chi connectivity index (χ3v) is 11.0. The first-order valence-corrected chi connectivity index (χ1v) is 16.6. The molecular formula is C41H28N3P. The van der Waals surface area contributed by atoms with E-state index in [9.17, 15) is 0 Å². The number of benzene rings is 6. The van der Waals surface area contributed by atoms with E-state index in [0.717, 1.165) is 22.5 Å². The first-order chi connectivity index (χ1) is 22.4. The lowest BCUT2D eigenvalue weighted by atomic mass is 10.1. The van der Waals surface area contributed by atoms with Crippen LogP contribution in [0.4, 0.5) is 0 Å². The van der Waals surface area contributed by atoms with Crippen LogP contribution in [0.25, 0.3) is 55.1 Å². The van der Waals surface area contributed by atoms with E-state index in [1.165, 1.54) is 48.7 Å². The van der Waals surface area contributed by atoms with Crippen molar-refractivity contribution in [2.24, 2.45) is 0 Å². The van der Waals surface area contributed by atoms with Gasteiger partial charge < -0.3 is 4.57 Å². The summed E-state index contributed by atoms with van der Waals surface area (Å²) in [6, 6.07) is 60.9. The maximum absolute atomic E-state index is 5.51. The lowest BCUT2D eigenvalue weighted by Crippen LogP contribution is -2.23. The molecule has 0 saturated carbocycles. The van der Waals surface area contributed by atoms with Gasteiger partial charge in [-0.05, 0) is 47.0 Å². The van der Waals surface area contributed by atoms with Gasteiger partial charge in [-0.1, -0.05) is 133 Å². The van der Waals surface area contributed by atoms with Crippen molar-refractivity contribution in [3.05, 3.63) is 170 Å². The van der Waals surface area contributed by atoms with Crippen LogP contribution in [-0.4, -0.2) is 14.1 Å². The number of nitrogens with zero attached hydrogens (tertiary/aromatic N) is 3. The van der Waals surface area contributed by atoms with Crippen molar-refractivity contribution < 1.29 is 0 Å². The normalized spacial score (nSPS) is 11.8. The molecule has 0 bridgehead atoms. The lowest BCUT2D eigenvalue weighted by Gasteiger charge is -2.19. The molecule has 0 atom stereocenters. The fourth-order valence-electron chi connectivity index (χ4n) is 6.81. The van der Waals surface area contributed by atoms with Gasteiger partial charge in [0.15, 0.2) is 0 Å². The van der Waals surface area contributed by atoms with Gasteiger partial charge >= 0.3 is 0 Å². The first kappa shape index (κ1) is 25.9. The van der Waals surface area contributed by atoms with Crippen molar-refractivity contribution in [2.45, 2.75) is 0 Å². The van der Waals surface area contributed by atoms with E-state index in [4.69, 9.17) is 4.98 Å². The zero-order valence-electron chi connectivity index (χ0n) is 24.5. The molecular weight excluding hydrogens is 565 g/mol. The van der Waals surface area contributed by atoms with Crippen molar-refractivity contribution in [3.63, 3.8) is 0 Å². The third-order valence-electron chi connectivity index (χ3n) is 8.69. The van der Waals surface area contributed by atoms with Crippen LogP contribution in [-0.2, 0) is 0 Å². The zero-order chi connectivity index (χ0) is 29.7. The second-order valence-corrected chi connectivity index (χ2v) is 13.4. The van der Waals surface area contributed by atoms with Crippen LogP contribution in [0.15, 0.2) is 170 Å². The Kier molecular flexibility index (Phi) is 6.11. The van der Waals surface area contributed by atoms with Crippen LogP contribution >= 0.6 is 7.92 Å². The molecule has 0 amide bonds. The van der Waals surface area contributed by atoms with E-state index >= 15 is 0 Å². The maximum atomic E-state index is 5.51. The van der Waals surface area contributed by atoms with Gasteiger partial charge in [0, 0.05) is 35.2 Å². The highest BCUT2D eigenvalue weighted by Gasteiger charge is 2.23. The molecule has 0 N–H and O–H groups in total. The Hall–Kier alpha value is -5.50. The molecule has 9 rings (SSSR count). The minimum Gasteiger partial charge on any atom is -0.307 e. The van der Waals surface area contributed by atoms with Gasteiger partial charge in [-0.2, -0.15) is 0 Å². The van der Waals surface area contributed by atoms with Crippen LogP contribution in [0.5, 0.6) is 0 Å². The van der Waals surface area contributed by atoms with E-state index in [2.05, 4.69) is 179 Å². The van der Waals surface area contributed by atoms with Crippen LogP contribution in [0.1, 0.15) is 0 Å². The van der Waals surface area contributed by atoms with Crippen molar-refractivity contribution in [3.8, 4) is 11.5 Å². The van der Waals surface area contributed by atoms with Gasteiger partial charge in [0.1, 0.15) is 5.82 Å². The topological polar surface area (TPSA) is 22.8 Å². The second-order valence-electron chi connectivity index (χ2n) is 11.3. The van der Waals surface area contributed by atoms with Gasteiger partial charge in [0.2, 0.25) is 0 Å². The van der Waals surface area contributed by atoms with E-state index in [-0.39, 0.29) is 0 Å². The monoisotopic (exact) mass is 593 g/mol. The Morgan fingerprint density at radius 1 is 0.378 bits per heavy atom. The summed E-state index contributed by atoms with van der Waals surface area (Å²) in [7, 11) is -0.847. The van der Waals surface area contributed by atoms with E-state index in [0.29, 0.717) is 0 Å². The predicted molar refractivity (Wildman–Crippen MR) is 192 cm³/mol. The van der Waals surface area contributed by atoms with Crippen LogP contribution < -0.4 is 16.0 Å².